The first-order valence-corrected chi connectivity index (χ1v) is 5.87. The topological polar surface area (TPSA) is 59.9 Å². The summed E-state index contributed by atoms with van der Waals surface area (Å²) in [5.41, 5.74) is 0.887. The Hall–Kier alpha value is -2.69. The van der Waals surface area contributed by atoms with Crippen molar-refractivity contribution < 1.29 is 4.74 Å². The first-order valence-electron chi connectivity index (χ1n) is 5.87. The Balaban J connectivity index is 1.92. The van der Waals surface area contributed by atoms with E-state index in [1.54, 1.807) is 25.6 Å². The Morgan fingerprint density at radius 1 is 1.16 bits per heavy atom. The molecule has 0 amide bonds. The number of anilines is 1. The third kappa shape index (κ3) is 2.44. The Labute approximate surface area is 110 Å². The molecule has 0 saturated heterocycles. The molecule has 5 nitrogen and oxygen atoms in total. The molecule has 0 fully saturated rings. The van der Waals surface area contributed by atoms with E-state index in [0.717, 1.165) is 10.9 Å². The Kier molecular flexibility index (Phi) is 2.94. The average Bonchev–Trinajstić information content (AvgIpc) is 2.47. The van der Waals surface area contributed by atoms with Crippen molar-refractivity contribution in [2.75, 3.05) is 12.4 Å². The van der Waals surface area contributed by atoms with Crippen molar-refractivity contribution in [1.29, 1.82) is 0 Å². The smallest absolute Gasteiger partial charge is 0.239 e. The molecule has 0 saturated carbocycles. The first kappa shape index (κ1) is 11.4. The highest BCUT2D eigenvalue weighted by atomic mass is 16.5. The number of fused-ring (bicyclic) bond motifs is 1. The number of rotatable bonds is 3. The van der Waals surface area contributed by atoms with Crippen LogP contribution in [0.5, 0.6) is 11.6 Å². The van der Waals surface area contributed by atoms with Gasteiger partial charge in [0.1, 0.15) is 11.6 Å². The molecule has 0 atom stereocenters. The fraction of sp³-hybridized carbons (Fsp3) is 0.0714. The molecule has 0 bridgehead atoms. The minimum absolute atomic E-state index is 0.446. The Morgan fingerprint density at radius 3 is 3.00 bits per heavy atom. The highest BCUT2D eigenvalue weighted by Gasteiger charge is 2.02. The summed E-state index contributed by atoms with van der Waals surface area (Å²) in [5.74, 6) is 1.80. The zero-order valence-electron chi connectivity index (χ0n) is 10.4. The highest BCUT2D eigenvalue weighted by Crippen LogP contribution is 2.23. The summed E-state index contributed by atoms with van der Waals surface area (Å²) >= 11 is 0. The second-order valence-electron chi connectivity index (χ2n) is 3.95. The summed E-state index contributed by atoms with van der Waals surface area (Å²) in [6, 6.07) is 9.64. The molecule has 0 aliphatic rings. The molecule has 94 valence electrons. The summed E-state index contributed by atoms with van der Waals surface area (Å²) < 4.78 is 5.68. The maximum Gasteiger partial charge on any atom is 0.239 e. The van der Waals surface area contributed by atoms with Crippen LogP contribution in [0.15, 0.2) is 48.9 Å². The van der Waals surface area contributed by atoms with E-state index in [1.807, 2.05) is 30.3 Å². The van der Waals surface area contributed by atoms with Crippen LogP contribution in [-0.4, -0.2) is 22.0 Å². The van der Waals surface area contributed by atoms with Crippen molar-refractivity contribution in [3.8, 4) is 11.6 Å². The van der Waals surface area contributed by atoms with Gasteiger partial charge in [-0.15, -0.1) is 0 Å². The van der Waals surface area contributed by atoms with Crippen LogP contribution in [0.25, 0.3) is 10.9 Å². The number of pyridine rings is 1. The predicted molar refractivity (Wildman–Crippen MR) is 73.4 cm³/mol. The van der Waals surface area contributed by atoms with Gasteiger partial charge >= 0.3 is 0 Å². The fourth-order valence-electron chi connectivity index (χ4n) is 1.75. The number of ether oxygens (including phenoxy) is 1. The SMILES string of the molecule is CNc1cncc(Oc2ccc3cccnc3c2)n1. The standard InChI is InChI=1S/C14H12N4O/c1-15-13-8-16-9-14(18-13)19-11-5-4-10-3-2-6-17-12(10)7-11/h2-9H,1H3,(H,15,18). The lowest BCUT2D eigenvalue weighted by Crippen LogP contribution is -1.95. The van der Waals surface area contributed by atoms with Gasteiger partial charge in [0.25, 0.3) is 0 Å². The van der Waals surface area contributed by atoms with E-state index in [2.05, 4.69) is 20.3 Å². The van der Waals surface area contributed by atoms with E-state index in [9.17, 15) is 0 Å². The van der Waals surface area contributed by atoms with E-state index in [-0.39, 0.29) is 0 Å². The fourth-order valence-corrected chi connectivity index (χ4v) is 1.75. The van der Waals surface area contributed by atoms with Gasteiger partial charge in [-0.05, 0) is 18.2 Å². The van der Waals surface area contributed by atoms with Crippen molar-refractivity contribution in [2.24, 2.45) is 0 Å². The zero-order chi connectivity index (χ0) is 13.1. The van der Waals surface area contributed by atoms with Crippen molar-refractivity contribution in [3.05, 3.63) is 48.9 Å². The summed E-state index contributed by atoms with van der Waals surface area (Å²) in [6.45, 7) is 0. The van der Waals surface area contributed by atoms with Gasteiger partial charge < -0.3 is 10.1 Å². The van der Waals surface area contributed by atoms with Crippen LogP contribution in [0.1, 0.15) is 0 Å². The number of benzene rings is 1. The minimum atomic E-state index is 0.446. The number of nitrogens with one attached hydrogen (secondary N) is 1. The van der Waals surface area contributed by atoms with E-state index in [4.69, 9.17) is 4.74 Å². The van der Waals surface area contributed by atoms with Gasteiger partial charge in [0.05, 0.1) is 17.9 Å². The summed E-state index contributed by atoms with van der Waals surface area (Å²) in [4.78, 5) is 12.6. The summed E-state index contributed by atoms with van der Waals surface area (Å²) in [7, 11) is 1.79. The number of hydrogen-bond acceptors (Lipinski definition) is 5. The zero-order valence-corrected chi connectivity index (χ0v) is 10.4. The molecule has 2 aromatic heterocycles. The third-order valence-corrected chi connectivity index (χ3v) is 2.67. The molecule has 0 radical (unpaired) electrons. The molecule has 5 heteroatoms. The monoisotopic (exact) mass is 252 g/mol. The van der Waals surface area contributed by atoms with Gasteiger partial charge in [0.15, 0.2) is 0 Å². The summed E-state index contributed by atoms with van der Waals surface area (Å²) in [6.07, 6.45) is 4.96. The molecule has 1 aromatic carbocycles. The molecule has 3 aromatic rings. The number of nitrogens with zero attached hydrogens (tertiary/aromatic N) is 3. The van der Waals surface area contributed by atoms with E-state index in [0.29, 0.717) is 17.4 Å². The van der Waals surface area contributed by atoms with Gasteiger partial charge in [-0.25, -0.2) is 0 Å². The normalized spacial score (nSPS) is 10.4. The Bertz CT molecular complexity index is 714. The van der Waals surface area contributed by atoms with Crippen LogP contribution < -0.4 is 10.1 Å². The predicted octanol–water partition coefficient (Wildman–Crippen LogP) is 2.86. The maximum atomic E-state index is 5.68. The molecule has 0 aliphatic carbocycles. The maximum absolute atomic E-state index is 5.68. The number of hydrogen-bond donors (Lipinski definition) is 1. The van der Waals surface area contributed by atoms with Crippen LogP contribution >= 0.6 is 0 Å². The molecular formula is C14H12N4O. The van der Waals surface area contributed by atoms with E-state index < -0.39 is 0 Å². The molecule has 0 spiro atoms. The quantitative estimate of drug-likeness (QED) is 0.776. The molecule has 0 aliphatic heterocycles. The Morgan fingerprint density at radius 2 is 2.11 bits per heavy atom. The molecule has 19 heavy (non-hydrogen) atoms. The molecule has 1 N–H and O–H groups in total. The van der Waals surface area contributed by atoms with Gasteiger partial charge in [0.2, 0.25) is 5.88 Å². The van der Waals surface area contributed by atoms with E-state index in [1.165, 1.54) is 0 Å². The highest BCUT2D eigenvalue weighted by molar-refractivity contribution is 5.79. The van der Waals surface area contributed by atoms with Crippen LogP contribution in [0.3, 0.4) is 0 Å². The average molecular weight is 252 g/mol. The minimum Gasteiger partial charge on any atom is -0.437 e. The molecular weight excluding hydrogens is 240 g/mol. The van der Waals surface area contributed by atoms with Crippen molar-refractivity contribution in [2.45, 2.75) is 0 Å². The molecule has 3 rings (SSSR count). The largest absolute Gasteiger partial charge is 0.437 e. The lowest BCUT2D eigenvalue weighted by Gasteiger charge is -2.06. The van der Waals surface area contributed by atoms with Crippen LogP contribution in [-0.2, 0) is 0 Å². The third-order valence-electron chi connectivity index (χ3n) is 2.67. The van der Waals surface area contributed by atoms with Gasteiger partial charge in [-0.2, -0.15) is 4.98 Å². The van der Waals surface area contributed by atoms with Gasteiger partial charge in [0, 0.05) is 24.7 Å². The van der Waals surface area contributed by atoms with Crippen molar-refractivity contribution in [3.63, 3.8) is 0 Å². The van der Waals surface area contributed by atoms with Gasteiger partial charge in [-0.1, -0.05) is 6.07 Å². The van der Waals surface area contributed by atoms with Crippen molar-refractivity contribution in [1.82, 2.24) is 15.0 Å². The summed E-state index contributed by atoms with van der Waals surface area (Å²) in [5, 5.41) is 3.99. The molecule has 0 unspecified atom stereocenters. The van der Waals surface area contributed by atoms with Crippen molar-refractivity contribution >= 4 is 16.7 Å². The second-order valence-corrected chi connectivity index (χ2v) is 3.95. The lowest BCUT2D eigenvalue weighted by molar-refractivity contribution is 0.461. The lowest BCUT2D eigenvalue weighted by atomic mass is 10.2. The van der Waals surface area contributed by atoms with Crippen LogP contribution in [0.2, 0.25) is 0 Å². The van der Waals surface area contributed by atoms with Crippen LogP contribution in [0, 0.1) is 0 Å². The van der Waals surface area contributed by atoms with Gasteiger partial charge in [-0.3, -0.25) is 9.97 Å². The second kappa shape index (κ2) is 4.89. The number of aromatic nitrogens is 3. The van der Waals surface area contributed by atoms with E-state index >= 15 is 0 Å². The first-order chi connectivity index (χ1) is 9.35. The van der Waals surface area contributed by atoms with Crippen LogP contribution in [0.4, 0.5) is 5.82 Å². The molecule has 2 heterocycles.